The third kappa shape index (κ3) is 5.23. The number of halogens is 2. The van der Waals surface area contributed by atoms with Crippen LogP contribution in [0.15, 0.2) is 24.3 Å². The Kier molecular flexibility index (Phi) is 7.67. The van der Waals surface area contributed by atoms with Crippen molar-refractivity contribution in [3.05, 3.63) is 41.5 Å². The summed E-state index contributed by atoms with van der Waals surface area (Å²) < 4.78 is 14.8. The van der Waals surface area contributed by atoms with Crippen LogP contribution in [0, 0.1) is 18.7 Å². The Balaban J connectivity index is 0.00000261. The SMILES string of the molecule is CNCC1CCN(C(=O)C(Cc2ccc(F)cc2)n2nnnc2C)CC1.Cl. The third-order valence-corrected chi connectivity index (χ3v) is 5.00. The highest BCUT2D eigenvalue weighted by Crippen LogP contribution is 2.22. The molecule has 0 saturated carbocycles. The Morgan fingerprint density at radius 1 is 1.30 bits per heavy atom. The first-order valence-electron chi connectivity index (χ1n) is 9.00. The van der Waals surface area contributed by atoms with Gasteiger partial charge in [0.05, 0.1) is 0 Å². The second-order valence-corrected chi connectivity index (χ2v) is 6.84. The molecule has 148 valence electrons. The molecule has 1 amide bonds. The maximum Gasteiger partial charge on any atom is 0.247 e. The molecule has 2 aromatic rings. The quantitative estimate of drug-likeness (QED) is 0.805. The molecule has 1 unspecified atom stereocenters. The summed E-state index contributed by atoms with van der Waals surface area (Å²) in [6.07, 6.45) is 2.41. The van der Waals surface area contributed by atoms with Gasteiger partial charge in [0.15, 0.2) is 0 Å². The predicted octanol–water partition coefficient (Wildman–Crippen LogP) is 1.78. The van der Waals surface area contributed by atoms with Gasteiger partial charge in [0.2, 0.25) is 5.91 Å². The lowest BCUT2D eigenvalue weighted by Crippen LogP contribution is -2.44. The highest BCUT2D eigenvalue weighted by Gasteiger charge is 2.31. The minimum Gasteiger partial charge on any atom is -0.341 e. The van der Waals surface area contributed by atoms with Gasteiger partial charge in [-0.25, -0.2) is 9.07 Å². The number of carbonyl (C=O) groups is 1. The van der Waals surface area contributed by atoms with Gasteiger partial charge in [-0.1, -0.05) is 12.1 Å². The normalized spacial score (nSPS) is 16.0. The molecule has 1 saturated heterocycles. The lowest BCUT2D eigenvalue weighted by Gasteiger charge is -2.34. The van der Waals surface area contributed by atoms with Crippen molar-refractivity contribution in [1.82, 2.24) is 30.4 Å². The number of aryl methyl sites for hydroxylation is 1. The molecule has 0 aliphatic carbocycles. The number of aromatic nitrogens is 4. The average Bonchev–Trinajstić information content (AvgIpc) is 3.07. The lowest BCUT2D eigenvalue weighted by molar-refractivity contribution is -0.136. The fourth-order valence-electron chi connectivity index (χ4n) is 3.51. The molecule has 0 spiro atoms. The number of amides is 1. The Hall–Kier alpha value is -2.06. The van der Waals surface area contributed by atoms with E-state index in [0.717, 1.165) is 38.0 Å². The van der Waals surface area contributed by atoms with Crippen LogP contribution in [0.2, 0.25) is 0 Å². The first kappa shape index (κ1) is 21.2. The van der Waals surface area contributed by atoms with Crippen LogP contribution in [0.5, 0.6) is 0 Å². The Morgan fingerprint density at radius 3 is 2.52 bits per heavy atom. The summed E-state index contributed by atoms with van der Waals surface area (Å²) in [5, 5.41) is 14.8. The van der Waals surface area contributed by atoms with Crippen LogP contribution >= 0.6 is 12.4 Å². The molecule has 1 aromatic carbocycles. The molecule has 0 radical (unpaired) electrons. The maximum absolute atomic E-state index is 13.2. The zero-order valence-electron chi connectivity index (χ0n) is 15.6. The van der Waals surface area contributed by atoms with Crippen molar-refractivity contribution < 1.29 is 9.18 Å². The third-order valence-electron chi connectivity index (χ3n) is 5.00. The van der Waals surface area contributed by atoms with Gasteiger partial charge in [0, 0.05) is 19.5 Å². The van der Waals surface area contributed by atoms with E-state index in [1.807, 2.05) is 11.9 Å². The van der Waals surface area contributed by atoms with E-state index in [9.17, 15) is 9.18 Å². The van der Waals surface area contributed by atoms with E-state index in [2.05, 4.69) is 20.8 Å². The fourth-order valence-corrected chi connectivity index (χ4v) is 3.51. The highest BCUT2D eigenvalue weighted by atomic mass is 35.5. The van der Waals surface area contributed by atoms with Crippen molar-refractivity contribution in [2.45, 2.75) is 32.2 Å². The summed E-state index contributed by atoms with van der Waals surface area (Å²) in [6.45, 7) is 4.25. The van der Waals surface area contributed by atoms with Gasteiger partial charge in [-0.2, -0.15) is 0 Å². The second-order valence-electron chi connectivity index (χ2n) is 6.84. The van der Waals surface area contributed by atoms with E-state index >= 15 is 0 Å². The predicted molar refractivity (Wildman–Crippen MR) is 102 cm³/mol. The molecule has 1 aliphatic rings. The molecule has 1 fully saturated rings. The van der Waals surface area contributed by atoms with Gasteiger partial charge in [0.25, 0.3) is 0 Å². The molecule has 1 atom stereocenters. The van der Waals surface area contributed by atoms with Crippen LogP contribution in [-0.2, 0) is 11.2 Å². The number of rotatable bonds is 6. The number of hydrogen-bond acceptors (Lipinski definition) is 5. The fraction of sp³-hybridized carbons (Fsp3) is 0.556. The van der Waals surface area contributed by atoms with Gasteiger partial charge in [0.1, 0.15) is 17.7 Å². The first-order valence-corrected chi connectivity index (χ1v) is 9.00. The topological polar surface area (TPSA) is 75.9 Å². The van der Waals surface area contributed by atoms with Crippen molar-refractivity contribution in [3.8, 4) is 0 Å². The van der Waals surface area contributed by atoms with Gasteiger partial charge >= 0.3 is 0 Å². The molecule has 1 aliphatic heterocycles. The van der Waals surface area contributed by atoms with Crippen LogP contribution < -0.4 is 5.32 Å². The number of tetrazole rings is 1. The van der Waals surface area contributed by atoms with E-state index in [1.165, 1.54) is 12.1 Å². The number of hydrogen-bond donors (Lipinski definition) is 1. The van der Waals surface area contributed by atoms with E-state index < -0.39 is 6.04 Å². The molecule has 0 bridgehead atoms. The van der Waals surface area contributed by atoms with Crippen molar-refractivity contribution in [1.29, 1.82) is 0 Å². The summed E-state index contributed by atoms with van der Waals surface area (Å²) in [7, 11) is 1.96. The average molecular weight is 397 g/mol. The van der Waals surface area contributed by atoms with Crippen LogP contribution in [0.3, 0.4) is 0 Å². The Labute approximate surface area is 164 Å². The Bertz CT molecular complexity index is 730. The monoisotopic (exact) mass is 396 g/mol. The molecular formula is C18H26ClFN6O. The summed E-state index contributed by atoms with van der Waals surface area (Å²) in [5.41, 5.74) is 0.879. The van der Waals surface area contributed by atoms with E-state index in [-0.39, 0.29) is 24.1 Å². The zero-order valence-corrected chi connectivity index (χ0v) is 16.5. The smallest absolute Gasteiger partial charge is 0.247 e. The molecule has 3 rings (SSSR count). The Morgan fingerprint density at radius 2 is 1.96 bits per heavy atom. The number of nitrogens with one attached hydrogen (secondary N) is 1. The van der Waals surface area contributed by atoms with E-state index in [0.29, 0.717) is 18.2 Å². The number of nitrogens with zero attached hydrogens (tertiary/aromatic N) is 5. The maximum atomic E-state index is 13.2. The van der Waals surface area contributed by atoms with Crippen molar-refractivity contribution in [2.24, 2.45) is 5.92 Å². The van der Waals surface area contributed by atoms with Gasteiger partial charge in [-0.15, -0.1) is 17.5 Å². The summed E-state index contributed by atoms with van der Waals surface area (Å²) in [4.78, 5) is 15.1. The summed E-state index contributed by atoms with van der Waals surface area (Å²) in [6, 6.07) is 5.71. The molecule has 27 heavy (non-hydrogen) atoms. The van der Waals surface area contributed by atoms with Crippen LogP contribution in [0.4, 0.5) is 4.39 Å². The minimum absolute atomic E-state index is 0. The highest BCUT2D eigenvalue weighted by molar-refractivity contribution is 5.85. The van der Waals surface area contributed by atoms with Gasteiger partial charge < -0.3 is 10.2 Å². The zero-order chi connectivity index (χ0) is 18.5. The number of likely N-dealkylation sites (tertiary alicyclic amines) is 1. The molecule has 1 aromatic heterocycles. The second kappa shape index (κ2) is 9.75. The number of piperidine rings is 1. The lowest BCUT2D eigenvalue weighted by atomic mass is 9.95. The van der Waals surface area contributed by atoms with Gasteiger partial charge in [-0.05, 0) is 67.4 Å². The van der Waals surface area contributed by atoms with Gasteiger partial charge in [-0.3, -0.25) is 4.79 Å². The van der Waals surface area contributed by atoms with Crippen LogP contribution in [0.1, 0.15) is 30.3 Å². The summed E-state index contributed by atoms with van der Waals surface area (Å²) >= 11 is 0. The summed E-state index contributed by atoms with van der Waals surface area (Å²) in [5.74, 6) is 0.930. The first-order chi connectivity index (χ1) is 12.6. The largest absolute Gasteiger partial charge is 0.341 e. The molecule has 9 heteroatoms. The van der Waals surface area contributed by atoms with Crippen molar-refractivity contribution >= 4 is 18.3 Å². The number of benzene rings is 1. The van der Waals surface area contributed by atoms with Crippen molar-refractivity contribution in [3.63, 3.8) is 0 Å². The molecule has 7 nitrogen and oxygen atoms in total. The minimum atomic E-state index is -0.517. The van der Waals surface area contributed by atoms with E-state index in [1.54, 1.807) is 23.7 Å². The standard InChI is InChI=1S/C18H25FN6O.ClH/c1-13-21-22-23-25(13)17(11-14-3-5-16(19)6-4-14)18(26)24-9-7-15(8-10-24)12-20-2;/h3-6,15,17,20H,7-12H2,1-2H3;1H. The van der Waals surface area contributed by atoms with Crippen molar-refractivity contribution in [2.75, 3.05) is 26.7 Å². The van der Waals surface area contributed by atoms with Crippen LogP contribution in [0.25, 0.3) is 0 Å². The molecule has 2 heterocycles. The molecular weight excluding hydrogens is 371 g/mol. The van der Waals surface area contributed by atoms with E-state index in [4.69, 9.17) is 0 Å². The van der Waals surface area contributed by atoms with Crippen LogP contribution in [-0.4, -0.2) is 57.7 Å². The number of carbonyl (C=O) groups excluding carboxylic acids is 1. The molecule has 1 N–H and O–H groups in total.